The van der Waals surface area contributed by atoms with Gasteiger partial charge in [-0.2, -0.15) is 0 Å². The van der Waals surface area contributed by atoms with Gasteiger partial charge in [0.1, 0.15) is 5.76 Å². The molecule has 0 radical (unpaired) electrons. The molecule has 0 unspecified atom stereocenters. The van der Waals surface area contributed by atoms with Crippen molar-refractivity contribution in [3.8, 4) is 0 Å². The Bertz CT molecular complexity index is 514. The van der Waals surface area contributed by atoms with Crippen molar-refractivity contribution in [3.63, 3.8) is 0 Å². The largest absolute Gasteiger partial charge is 0.469 e. The first kappa shape index (κ1) is 15.6. The molecule has 0 saturated heterocycles. The number of rotatable bonds is 3. The summed E-state index contributed by atoms with van der Waals surface area (Å²) in [7, 11) is 3.56. The third-order valence-corrected chi connectivity index (χ3v) is 4.19. The average molecular weight is 292 g/mol. The maximum absolute atomic E-state index is 12.4. The second kappa shape index (κ2) is 6.33. The van der Waals surface area contributed by atoms with Crippen molar-refractivity contribution < 1.29 is 14.0 Å². The fraction of sp³-hybridized carbons (Fsp3) is 0.625. The van der Waals surface area contributed by atoms with Gasteiger partial charge in [0.2, 0.25) is 5.91 Å². The van der Waals surface area contributed by atoms with E-state index in [1.54, 1.807) is 32.2 Å². The molecule has 1 aliphatic rings. The van der Waals surface area contributed by atoms with Gasteiger partial charge in [-0.3, -0.25) is 9.59 Å². The lowest BCUT2D eigenvalue weighted by molar-refractivity contribution is -0.134. The summed E-state index contributed by atoms with van der Waals surface area (Å²) in [5, 5.41) is 3.06. The number of nitrogens with one attached hydrogen (secondary N) is 1. The summed E-state index contributed by atoms with van der Waals surface area (Å²) in [4.78, 5) is 26.1. The third-order valence-electron chi connectivity index (χ3n) is 4.19. The molecular weight excluding hydrogens is 268 g/mol. The van der Waals surface area contributed by atoms with Crippen molar-refractivity contribution in [1.82, 2.24) is 10.2 Å². The Labute approximate surface area is 125 Å². The van der Waals surface area contributed by atoms with Crippen LogP contribution in [0.4, 0.5) is 0 Å². The van der Waals surface area contributed by atoms with Crippen LogP contribution in [0.25, 0.3) is 0 Å². The van der Waals surface area contributed by atoms with Crippen LogP contribution < -0.4 is 5.32 Å². The molecular formula is C16H24N2O3. The van der Waals surface area contributed by atoms with Crippen molar-refractivity contribution in [1.29, 1.82) is 0 Å². The predicted octanol–water partition coefficient (Wildman–Crippen LogP) is 2.27. The van der Waals surface area contributed by atoms with Crippen LogP contribution >= 0.6 is 0 Å². The molecule has 0 aliphatic heterocycles. The zero-order valence-corrected chi connectivity index (χ0v) is 13.2. The lowest BCUT2D eigenvalue weighted by Gasteiger charge is -2.30. The average Bonchev–Trinajstić information content (AvgIpc) is 2.77. The van der Waals surface area contributed by atoms with Gasteiger partial charge >= 0.3 is 0 Å². The molecule has 0 aromatic carbocycles. The highest BCUT2D eigenvalue weighted by molar-refractivity contribution is 5.96. The topological polar surface area (TPSA) is 62.6 Å². The normalized spacial score (nSPS) is 21.9. The Morgan fingerprint density at radius 2 is 2.00 bits per heavy atom. The van der Waals surface area contributed by atoms with Crippen LogP contribution in [0.2, 0.25) is 0 Å². The van der Waals surface area contributed by atoms with Crippen molar-refractivity contribution in [2.75, 3.05) is 14.1 Å². The van der Waals surface area contributed by atoms with Gasteiger partial charge < -0.3 is 14.6 Å². The van der Waals surface area contributed by atoms with Gasteiger partial charge in [0.05, 0.1) is 11.8 Å². The molecule has 1 fully saturated rings. The molecule has 21 heavy (non-hydrogen) atoms. The van der Waals surface area contributed by atoms with Crippen LogP contribution in [-0.4, -0.2) is 36.9 Å². The number of nitrogens with zero attached hydrogens (tertiary/aromatic N) is 1. The molecule has 2 atom stereocenters. The highest BCUT2D eigenvalue weighted by atomic mass is 16.3. The number of furan rings is 1. The second-order valence-electron chi connectivity index (χ2n) is 6.12. The van der Waals surface area contributed by atoms with E-state index in [2.05, 4.69) is 5.32 Å². The van der Waals surface area contributed by atoms with E-state index in [1.807, 2.05) is 6.92 Å². The van der Waals surface area contributed by atoms with Gasteiger partial charge in [0.15, 0.2) is 0 Å². The highest BCUT2D eigenvalue weighted by Crippen LogP contribution is 2.26. The van der Waals surface area contributed by atoms with Gasteiger partial charge in [-0.05, 0) is 33.1 Å². The maximum Gasteiger partial charge on any atom is 0.255 e. The molecule has 5 heteroatoms. The maximum atomic E-state index is 12.4. The zero-order chi connectivity index (χ0) is 15.6. The summed E-state index contributed by atoms with van der Waals surface area (Å²) in [5.74, 6) is 0.721. The van der Waals surface area contributed by atoms with Gasteiger partial charge in [0.25, 0.3) is 5.91 Å². The van der Waals surface area contributed by atoms with E-state index >= 15 is 0 Å². The molecule has 2 rings (SSSR count). The molecule has 1 aromatic heterocycles. The van der Waals surface area contributed by atoms with E-state index in [9.17, 15) is 9.59 Å². The number of aryl methyl sites for hydroxylation is 2. The van der Waals surface area contributed by atoms with Crippen LogP contribution in [0.3, 0.4) is 0 Å². The highest BCUT2D eigenvalue weighted by Gasteiger charge is 2.29. The minimum atomic E-state index is -0.0956. The van der Waals surface area contributed by atoms with E-state index in [4.69, 9.17) is 4.42 Å². The van der Waals surface area contributed by atoms with Crippen molar-refractivity contribution in [2.45, 2.75) is 45.6 Å². The minimum Gasteiger partial charge on any atom is -0.469 e. The van der Waals surface area contributed by atoms with Crippen LogP contribution in [-0.2, 0) is 4.79 Å². The van der Waals surface area contributed by atoms with Gasteiger partial charge in [-0.25, -0.2) is 0 Å². The molecule has 1 heterocycles. The monoisotopic (exact) mass is 292 g/mol. The number of hydrogen-bond donors (Lipinski definition) is 1. The SMILES string of the molecule is Cc1coc(C)c1C(=O)N[C@H]1CCC[C@H](C(=O)N(C)C)C1. The van der Waals surface area contributed by atoms with E-state index in [1.165, 1.54) is 0 Å². The quantitative estimate of drug-likeness (QED) is 0.929. The molecule has 1 N–H and O–H groups in total. The van der Waals surface area contributed by atoms with Crippen LogP contribution in [0.15, 0.2) is 10.7 Å². The summed E-state index contributed by atoms with van der Waals surface area (Å²) in [6, 6.07) is 0.0637. The fourth-order valence-corrected chi connectivity index (χ4v) is 3.08. The fourth-order valence-electron chi connectivity index (χ4n) is 3.08. The molecule has 5 nitrogen and oxygen atoms in total. The second-order valence-corrected chi connectivity index (χ2v) is 6.12. The Morgan fingerprint density at radius 3 is 2.57 bits per heavy atom. The molecule has 1 aromatic rings. The van der Waals surface area contributed by atoms with Gasteiger partial charge in [-0.1, -0.05) is 6.42 Å². The van der Waals surface area contributed by atoms with Crippen molar-refractivity contribution in [2.24, 2.45) is 5.92 Å². The Hall–Kier alpha value is -1.78. The third kappa shape index (κ3) is 3.46. The Balaban J connectivity index is 2.00. The lowest BCUT2D eigenvalue weighted by atomic mass is 9.84. The van der Waals surface area contributed by atoms with Crippen molar-refractivity contribution in [3.05, 3.63) is 23.2 Å². The molecule has 0 bridgehead atoms. The summed E-state index contributed by atoms with van der Waals surface area (Å²) >= 11 is 0. The first-order valence-electron chi connectivity index (χ1n) is 7.47. The minimum absolute atomic E-state index is 0.0191. The van der Waals surface area contributed by atoms with E-state index in [0.29, 0.717) is 11.3 Å². The molecule has 1 aliphatic carbocycles. The first-order valence-corrected chi connectivity index (χ1v) is 7.47. The molecule has 116 valence electrons. The summed E-state index contributed by atoms with van der Waals surface area (Å²) in [5.41, 5.74) is 1.47. The Kier molecular flexibility index (Phi) is 4.70. The number of hydrogen-bond acceptors (Lipinski definition) is 3. The molecule has 2 amide bonds. The van der Waals surface area contributed by atoms with E-state index in [0.717, 1.165) is 31.2 Å². The smallest absolute Gasteiger partial charge is 0.255 e. The summed E-state index contributed by atoms with van der Waals surface area (Å²) in [6.45, 7) is 3.66. The van der Waals surface area contributed by atoms with E-state index in [-0.39, 0.29) is 23.8 Å². The standard InChI is InChI=1S/C16H24N2O3/c1-10-9-21-11(2)14(10)15(19)17-13-7-5-6-12(8-13)16(20)18(3)4/h9,12-13H,5-8H2,1-4H3,(H,17,19)/t12-,13-/m0/s1. The van der Waals surface area contributed by atoms with Crippen LogP contribution in [0.1, 0.15) is 47.4 Å². The zero-order valence-electron chi connectivity index (χ0n) is 13.2. The summed E-state index contributed by atoms with van der Waals surface area (Å²) < 4.78 is 5.27. The summed E-state index contributed by atoms with van der Waals surface area (Å²) in [6.07, 6.45) is 5.13. The molecule has 0 spiro atoms. The van der Waals surface area contributed by atoms with Crippen molar-refractivity contribution >= 4 is 11.8 Å². The number of carbonyl (C=O) groups is 2. The van der Waals surface area contributed by atoms with Crippen LogP contribution in [0.5, 0.6) is 0 Å². The van der Waals surface area contributed by atoms with E-state index < -0.39 is 0 Å². The Morgan fingerprint density at radius 1 is 1.29 bits per heavy atom. The predicted molar refractivity (Wildman–Crippen MR) is 80.1 cm³/mol. The van der Waals surface area contributed by atoms with Crippen LogP contribution in [0, 0.1) is 19.8 Å². The number of carbonyl (C=O) groups excluding carboxylic acids is 2. The first-order chi connectivity index (χ1) is 9.90. The lowest BCUT2D eigenvalue weighted by Crippen LogP contribution is -2.42. The van der Waals surface area contributed by atoms with Gasteiger partial charge in [0, 0.05) is 31.6 Å². The molecule has 1 saturated carbocycles. The van der Waals surface area contributed by atoms with Gasteiger partial charge in [-0.15, -0.1) is 0 Å². The number of amides is 2.